The molecule has 77 heavy (non-hydrogen) atoms. The first-order valence-electron chi connectivity index (χ1n) is 21.8. The van der Waals surface area contributed by atoms with E-state index in [0.717, 1.165) is 18.2 Å². The van der Waals surface area contributed by atoms with Gasteiger partial charge in [0.25, 0.3) is 40.5 Å². The first-order valence-corrected chi connectivity index (χ1v) is 27.6. The fourth-order valence-corrected chi connectivity index (χ4v) is 10.1. The van der Waals surface area contributed by atoms with Gasteiger partial charge in [-0.05, 0) is 176 Å². The van der Waals surface area contributed by atoms with Gasteiger partial charge in [-0.2, -0.15) is 74.6 Å². The van der Waals surface area contributed by atoms with Crippen molar-refractivity contribution in [2.75, 3.05) is 5.73 Å². The molecular weight excluding hydrogens is 1080 g/mol. The van der Waals surface area contributed by atoms with Crippen LogP contribution in [0.2, 0.25) is 0 Å². The molecule has 0 fully saturated rings. The Bertz CT molecular complexity index is 4440. The molecule has 0 heterocycles. The predicted octanol–water partition coefficient (Wildman–Crippen LogP) is 13.3. The number of nitrogens with zero attached hydrogens (tertiary/aromatic N) is 10. The first-order chi connectivity index (χ1) is 36.0. The van der Waals surface area contributed by atoms with Crippen LogP contribution in [0.1, 0.15) is 22.3 Å². The molecule has 0 amide bonds. The number of aromatic hydroxyl groups is 2. The Balaban J connectivity index is 0.973. The molecule has 0 aromatic heterocycles. The predicted molar refractivity (Wildman–Crippen MR) is 280 cm³/mol. The Kier molecular flexibility index (Phi) is 14.7. The maximum atomic E-state index is 12.6. The third-order valence-corrected chi connectivity index (χ3v) is 14.8. The first kappa shape index (κ1) is 54.6. The van der Waals surface area contributed by atoms with Crippen LogP contribution >= 0.6 is 0 Å². The quantitative estimate of drug-likeness (QED) is 0.0230. The minimum absolute atomic E-state index is 0.0928. The van der Waals surface area contributed by atoms with E-state index in [0.29, 0.717) is 68.5 Å². The molecule has 394 valence electrons. The average Bonchev–Trinajstić information content (AvgIpc) is 3.38. The van der Waals surface area contributed by atoms with Crippen molar-refractivity contribution in [1.29, 1.82) is 0 Å². The van der Waals surface area contributed by atoms with Gasteiger partial charge in [-0.1, -0.05) is 0 Å². The molecule has 0 aliphatic heterocycles. The number of fused-ring (bicyclic) bond motifs is 2. The van der Waals surface area contributed by atoms with Crippen LogP contribution in [0.3, 0.4) is 0 Å². The van der Waals surface area contributed by atoms with Crippen LogP contribution in [-0.4, -0.2) is 62.1 Å². The summed E-state index contributed by atoms with van der Waals surface area (Å²) >= 11 is 0. The minimum atomic E-state index is -5.15. The maximum Gasteiger partial charge on any atom is 0.296 e. The van der Waals surface area contributed by atoms with Gasteiger partial charge in [-0.15, -0.1) is 10.2 Å². The summed E-state index contributed by atoms with van der Waals surface area (Å²) in [5.41, 5.74) is 9.91. The Morgan fingerprint density at radius 2 is 0.792 bits per heavy atom. The van der Waals surface area contributed by atoms with Gasteiger partial charge < -0.3 is 15.9 Å². The fraction of sp³-hybridized carbons (Fsp3) is 0.0833. The van der Waals surface area contributed by atoms with E-state index in [1.807, 2.05) is 0 Å². The number of benzene rings is 8. The molecule has 0 bridgehead atoms. The number of aryl methyl sites for hydroxylation is 4. The molecule has 0 atom stereocenters. The standard InChI is InChI=1S/C48H39N11O14S4/c1-24-13-31(6-10-38(24)54-52-30-7-11-39(25(2)14-30)55-58-42-23-36-29(19-45(42)76(68,69)70)18-34(74(62,63)64)22-44(36)75(65,66)67)53-56-40-15-27(4)41(16-26(40)3)57-59-47-46(77(71,72)73)20-28-17-32(5-9-35(28)48(47)61)50-51-33-8-12-43(60)37(49)21-33/h5-23,60-61H,49H2,1-4H3,(H,62,63,64)(H,65,66,67)(H,68,69,70)(H,71,72,73). The smallest absolute Gasteiger partial charge is 0.296 e. The van der Waals surface area contributed by atoms with E-state index in [1.54, 1.807) is 64.1 Å². The minimum Gasteiger partial charge on any atom is -0.506 e. The molecule has 0 saturated heterocycles. The highest BCUT2D eigenvalue weighted by atomic mass is 32.2. The Hall–Kier alpha value is -8.68. The number of nitrogen functional groups attached to an aromatic ring is 1. The molecule has 25 nitrogen and oxygen atoms in total. The second-order valence-corrected chi connectivity index (χ2v) is 22.5. The highest BCUT2D eigenvalue weighted by Gasteiger charge is 2.26. The third-order valence-electron chi connectivity index (χ3n) is 11.4. The van der Waals surface area contributed by atoms with Crippen LogP contribution in [0.5, 0.6) is 11.5 Å². The van der Waals surface area contributed by atoms with Crippen LogP contribution in [-0.2, 0) is 40.5 Å². The molecule has 8 aromatic carbocycles. The van der Waals surface area contributed by atoms with Crippen molar-refractivity contribution in [3.05, 3.63) is 138 Å². The van der Waals surface area contributed by atoms with Gasteiger partial charge in [0.1, 0.15) is 31.8 Å². The van der Waals surface area contributed by atoms with Crippen LogP contribution in [0.15, 0.2) is 186 Å². The van der Waals surface area contributed by atoms with Crippen molar-refractivity contribution in [2.45, 2.75) is 47.3 Å². The lowest BCUT2D eigenvalue weighted by Crippen LogP contribution is -2.05. The molecule has 0 spiro atoms. The van der Waals surface area contributed by atoms with Gasteiger partial charge in [0.2, 0.25) is 0 Å². The summed E-state index contributed by atoms with van der Waals surface area (Å²) in [6.07, 6.45) is 0. The van der Waals surface area contributed by atoms with Crippen molar-refractivity contribution < 1.29 is 62.1 Å². The highest BCUT2D eigenvalue weighted by molar-refractivity contribution is 7.87. The van der Waals surface area contributed by atoms with E-state index in [4.69, 9.17) is 5.73 Å². The number of hydrogen-bond donors (Lipinski definition) is 7. The number of rotatable bonds is 14. The molecule has 0 saturated carbocycles. The second-order valence-electron chi connectivity index (χ2n) is 16.9. The zero-order chi connectivity index (χ0) is 55.9. The molecule has 8 N–H and O–H groups in total. The van der Waals surface area contributed by atoms with Crippen molar-refractivity contribution in [3.8, 4) is 11.5 Å². The average molecular weight is 1120 g/mol. The topological polar surface area (TPSA) is 408 Å². The number of nitrogens with two attached hydrogens (primary N) is 1. The number of hydrogen-bond acceptors (Lipinski definition) is 21. The van der Waals surface area contributed by atoms with Gasteiger partial charge in [0, 0.05) is 10.8 Å². The van der Waals surface area contributed by atoms with Gasteiger partial charge in [0.05, 0.1) is 56.1 Å². The summed E-state index contributed by atoms with van der Waals surface area (Å²) in [4.78, 5) is -3.58. The number of phenols is 2. The largest absolute Gasteiger partial charge is 0.506 e. The molecular formula is C48H39N11O14S4. The van der Waals surface area contributed by atoms with E-state index in [2.05, 4.69) is 51.1 Å². The van der Waals surface area contributed by atoms with Crippen molar-refractivity contribution in [2.24, 2.45) is 51.1 Å². The zero-order valence-corrected chi connectivity index (χ0v) is 43.4. The highest BCUT2D eigenvalue weighted by Crippen LogP contribution is 2.44. The molecule has 8 aromatic rings. The SMILES string of the molecule is Cc1cc(N=Nc2cc(C)c(N=Nc3c(S(=O)(=O)O)cc4cc(N=Nc5ccc(O)c(N)c5)ccc4c3O)cc2C)ccc1N=Nc1ccc(N=Nc2cc3c(S(=O)(=O)O)cc(S(=O)(=O)O)cc3cc2S(=O)(=O)O)c(C)c1. The molecule has 0 aliphatic rings. The summed E-state index contributed by atoms with van der Waals surface area (Å²) in [6.45, 7) is 6.85. The Morgan fingerprint density at radius 1 is 0.364 bits per heavy atom. The molecule has 29 heteroatoms. The Labute approximate surface area is 437 Å². The summed E-state index contributed by atoms with van der Waals surface area (Å²) in [7, 11) is -20.2. The number of phenolic OH excluding ortho intramolecular Hbond substituents is 2. The van der Waals surface area contributed by atoms with Gasteiger partial charge in [0.15, 0.2) is 5.75 Å². The van der Waals surface area contributed by atoms with Gasteiger partial charge in [-0.3, -0.25) is 18.2 Å². The molecule has 0 aliphatic carbocycles. The van der Waals surface area contributed by atoms with Crippen molar-refractivity contribution in [3.63, 3.8) is 0 Å². The fourth-order valence-electron chi connectivity index (χ4n) is 7.44. The molecule has 8 rings (SSSR count). The molecule has 0 radical (unpaired) electrons. The summed E-state index contributed by atoms with van der Waals surface area (Å²) in [5.74, 6) is -0.693. The van der Waals surface area contributed by atoms with E-state index < -0.39 is 88.0 Å². The zero-order valence-electron chi connectivity index (χ0n) is 40.1. The third kappa shape index (κ3) is 12.4. The van der Waals surface area contributed by atoms with E-state index >= 15 is 0 Å². The van der Waals surface area contributed by atoms with E-state index in [9.17, 15) is 62.1 Å². The summed E-state index contributed by atoms with van der Waals surface area (Å²) in [6, 6.07) is 25.5. The van der Waals surface area contributed by atoms with E-state index in [1.165, 1.54) is 48.5 Å². The maximum absolute atomic E-state index is 12.6. The molecule has 0 unspecified atom stereocenters. The van der Waals surface area contributed by atoms with Crippen LogP contribution < -0.4 is 5.73 Å². The van der Waals surface area contributed by atoms with Crippen LogP contribution in [0, 0.1) is 27.7 Å². The van der Waals surface area contributed by atoms with Crippen LogP contribution in [0.4, 0.5) is 62.6 Å². The number of anilines is 1. The lowest BCUT2D eigenvalue weighted by atomic mass is 10.1. The monoisotopic (exact) mass is 1120 g/mol. The summed E-state index contributed by atoms with van der Waals surface area (Å²) in [5, 5.41) is 62.3. The Morgan fingerprint density at radius 3 is 1.32 bits per heavy atom. The lowest BCUT2D eigenvalue weighted by Gasteiger charge is -2.10. The normalized spacial score (nSPS) is 13.0. The van der Waals surface area contributed by atoms with Crippen molar-refractivity contribution in [1.82, 2.24) is 0 Å². The van der Waals surface area contributed by atoms with Crippen molar-refractivity contribution >= 4 is 125 Å². The van der Waals surface area contributed by atoms with Crippen LogP contribution in [0.25, 0.3) is 21.5 Å². The second kappa shape index (κ2) is 20.8. The van der Waals surface area contributed by atoms with Gasteiger partial charge >= 0.3 is 0 Å². The van der Waals surface area contributed by atoms with Gasteiger partial charge in [-0.25, -0.2) is 0 Å². The van der Waals surface area contributed by atoms with E-state index in [-0.39, 0.29) is 33.6 Å². The number of azo groups is 5. The lowest BCUT2D eigenvalue weighted by molar-refractivity contribution is 0.472. The summed E-state index contributed by atoms with van der Waals surface area (Å²) < 4.78 is 137.